The first-order chi connectivity index (χ1) is 13.5. The van der Waals surface area contributed by atoms with Gasteiger partial charge in [-0.25, -0.2) is 4.98 Å². The normalized spacial score (nSPS) is 12.1. The van der Waals surface area contributed by atoms with Gasteiger partial charge in [0, 0.05) is 5.56 Å². The third-order valence-corrected chi connectivity index (χ3v) is 5.21. The van der Waals surface area contributed by atoms with Crippen molar-refractivity contribution >= 4 is 17.7 Å². The summed E-state index contributed by atoms with van der Waals surface area (Å²) in [5.74, 6) is 1.47. The molecule has 1 aromatic heterocycles. The maximum atomic E-state index is 12.5. The summed E-state index contributed by atoms with van der Waals surface area (Å²) in [6, 6.07) is 18.2. The Bertz CT molecular complexity index is 890. The van der Waals surface area contributed by atoms with Crippen LogP contribution in [-0.2, 0) is 4.79 Å². The van der Waals surface area contributed by atoms with Crippen LogP contribution in [0, 0.1) is 12.8 Å². The number of benzene rings is 2. The summed E-state index contributed by atoms with van der Waals surface area (Å²) >= 11 is 1.34. The molecule has 0 aliphatic carbocycles. The number of hydrogen-bond donors (Lipinski definition) is 2. The first kappa shape index (κ1) is 20.1. The first-order valence-electron chi connectivity index (χ1n) is 9.48. The molecule has 0 bridgehead atoms. The van der Waals surface area contributed by atoms with Gasteiger partial charge < -0.3 is 5.32 Å². The number of amides is 1. The van der Waals surface area contributed by atoms with Gasteiger partial charge in [0.25, 0.3) is 0 Å². The maximum absolute atomic E-state index is 12.5. The zero-order chi connectivity index (χ0) is 19.9. The minimum Gasteiger partial charge on any atom is -0.349 e. The van der Waals surface area contributed by atoms with E-state index in [9.17, 15) is 4.79 Å². The number of rotatable bonds is 8. The highest BCUT2D eigenvalue weighted by Gasteiger charge is 2.17. The van der Waals surface area contributed by atoms with Gasteiger partial charge in [0.1, 0.15) is 0 Å². The second kappa shape index (κ2) is 9.55. The highest BCUT2D eigenvalue weighted by molar-refractivity contribution is 7.99. The van der Waals surface area contributed by atoms with Gasteiger partial charge in [-0.15, -0.1) is 5.10 Å². The lowest BCUT2D eigenvalue weighted by Gasteiger charge is -2.21. The Kier molecular flexibility index (Phi) is 6.87. The Morgan fingerprint density at radius 2 is 1.82 bits per heavy atom. The maximum Gasteiger partial charge on any atom is 0.230 e. The van der Waals surface area contributed by atoms with Gasteiger partial charge in [0.2, 0.25) is 11.1 Å². The van der Waals surface area contributed by atoms with E-state index in [1.807, 2.05) is 49.4 Å². The molecule has 0 unspecified atom stereocenters. The summed E-state index contributed by atoms with van der Waals surface area (Å²) in [5, 5.41) is 10.9. The zero-order valence-electron chi connectivity index (χ0n) is 16.5. The second-order valence-corrected chi connectivity index (χ2v) is 8.22. The van der Waals surface area contributed by atoms with E-state index in [1.165, 1.54) is 17.3 Å². The number of aromatic amines is 1. The van der Waals surface area contributed by atoms with Crippen LogP contribution in [-0.4, -0.2) is 26.8 Å². The molecule has 2 aromatic carbocycles. The fourth-order valence-corrected chi connectivity index (χ4v) is 3.56. The van der Waals surface area contributed by atoms with E-state index in [1.54, 1.807) is 0 Å². The van der Waals surface area contributed by atoms with Crippen molar-refractivity contribution in [2.24, 2.45) is 5.92 Å². The lowest BCUT2D eigenvalue weighted by atomic mass is 9.97. The van der Waals surface area contributed by atoms with Crippen LogP contribution >= 0.6 is 11.8 Å². The quantitative estimate of drug-likeness (QED) is 0.540. The largest absolute Gasteiger partial charge is 0.349 e. The molecule has 0 aliphatic rings. The molecule has 3 rings (SSSR count). The summed E-state index contributed by atoms with van der Waals surface area (Å²) in [5.41, 5.74) is 3.31. The molecule has 0 fully saturated rings. The van der Waals surface area contributed by atoms with Gasteiger partial charge in [0.15, 0.2) is 5.82 Å². The molecule has 1 atom stereocenters. The van der Waals surface area contributed by atoms with Crippen molar-refractivity contribution in [2.75, 3.05) is 5.75 Å². The van der Waals surface area contributed by atoms with E-state index < -0.39 is 0 Å². The van der Waals surface area contributed by atoms with Crippen LogP contribution in [0.25, 0.3) is 11.4 Å². The van der Waals surface area contributed by atoms with Crippen molar-refractivity contribution in [3.63, 3.8) is 0 Å². The van der Waals surface area contributed by atoms with Crippen LogP contribution in [0.2, 0.25) is 0 Å². The molecule has 146 valence electrons. The number of H-pyrrole nitrogens is 1. The Hall–Kier alpha value is -2.60. The number of carbonyl (C=O) groups excluding carboxylic acids is 1. The summed E-state index contributed by atoms with van der Waals surface area (Å²) < 4.78 is 0. The summed E-state index contributed by atoms with van der Waals surface area (Å²) in [7, 11) is 0. The third-order valence-electron chi connectivity index (χ3n) is 4.37. The number of carbonyl (C=O) groups is 1. The molecule has 28 heavy (non-hydrogen) atoms. The molecule has 0 saturated heterocycles. The molecular formula is C22H26N4OS. The summed E-state index contributed by atoms with van der Waals surface area (Å²) in [6.07, 6.45) is 0.901. The van der Waals surface area contributed by atoms with Gasteiger partial charge in [-0.3, -0.25) is 9.89 Å². The third kappa shape index (κ3) is 5.70. The predicted molar refractivity (Wildman–Crippen MR) is 114 cm³/mol. The number of thioether (sulfide) groups is 1. The van der Waals surface area contributed by atoms with Crippen molar-refractivity contribution in [1.82, 2.24) is 20.5 Å². The van der Waals surface area contributed by atoms with Crippen LogP contribution < -0.4 is 5.32 Å². The first-order valence-corrected chi connectivity index (χ1v) is 10.5. The Morgan fingerprint density at radius 1 is 1.11 bits per heavy atom. The molecule has 2 N–H and O–H groups in total. The van der Waals surface area contributed by atoms with Crippen LogP contribution in [0.1, 0.15) is 37.4 Å². The number of aryl methyl sites for hydroxylation is 1. The van der Waals surface area contributed by atoms with Crippen molar-refractivity contribution in [3.8, 4) is 11.4 Å². The van der Waals surface area contributed by atoms with E-state index in [2.05, 4.69) is 46.5 Å². The molecule has 5 nitrogen and oxygen atoms in total. The van der Waals surface area contributed by atoms with Crippen molar-refractivity contribution in [1.29, 1.82) is 0 Å². The lowest BCUT2D eigenvalue weighted by molar-refractivity contribution is -0.119. The average Bonchev–Trinajstić information content (AvgIpc) is 3.16. The summed E-state index contributed by atoms with van der Waals surface area (Å²) in [4.78, 5) is 17.0. The van der Waals surface area contributed by atoms with Gasteiger partial charge in [0.05, 0.1) is 11.8 Å². The predicted octanol–water partition coefficient (Wildman–Crippen LogP) is 4.78. The van der Waals surface area contributed by atoms with Crippen molar-refractivity contribution in [3.05, 3.63) is 65.7 Å². The Labute approximate surface area is 170 Å². The van der Waals surface area contributed by atoms with Crippen molar-refractivity contribution in [2.45, 2.75) is 38.4 Å². The van der Waals surface area contributed by atoms with Crippen molar-refractivity contribution < 1.29 is 4.79 Å². The Morgan fingerprint density at radius 3 is 2.50 bits per heavy atom. The number of nitrogens with one attached hydrogen (secondary N) is 2. The molecule has 0 spiro atoms. The highest BCUT2D eigenvalue weighted by atomic mass is 32.2. The molecule has 1 heterocycles. The molecule has 0 saturated carbocycles. The number of nitrogens with zero attached hydrogens (tertiary/aromatic N) is 2. The lowest BCUT2D eigenvalue weighted by Crippen LogP contribution is -2.30. The monoisotopic (exact) mass is 394 g/mol. The van der Waals surface area contributed by atoms with Crippen LogP contribution in [0.5, 0.6) is 0 Å². The molecule has 6 heteroatoms. The van der Waals surface area contributed by atoms with Crippen LogP contribution in [0.3, 0.4) is 0 Å². The van der Waals surface area contributed by atoms with E-state index >= 15 is 0 Å². The van der Waals surface area contributed by atoms with E-state index in [-0.39, 0.29) is 17.7 Å². The molecule has 0 aliphatic heterocycles. The topological polar surface area (TPSA) is 70.7 Å². The summed E-state index contributed by atoms with van der Waals surface area (Å²) in [6.45, 7) is 6.38. The van der Waals surface area contributed by atoms with Gasteiger partial charge >= 0.3 is 0 Å². The van der Waals surface area contributed by atoms with Crippen LogP contribution in [0.15, 0.2) is 59.8 Å². The second-order valence-electron chi connectivity index (χ2n) is 7.28. The standard InChI is InChI=1S/C22H26N4OS/c1-15(2)13-19(17-7-5-4-6-8-17)23-20(27)14-28-22-24-21(25-26-22)18-11-9-16(3)10-12-18/h4-12,15,19H,13-14H2,1-3H3,(H,23,27)(H,24,25,26)/t19-/m0/s1. The highest BCUT2D eigenvalue weighted by Crippen LogP contribution is 2.23. The smallest absolute Gasteiger partial charge is 0.230 e. The van der Waals surface area contributed by atoms with E-state index in [0.717, 1.165) is 17.5 Å². The minimum atomic E-state index is -0.0128. The van der Waals surface area contributed by atoms with Gasteiger partial charge in [-0.05, 0) is 24.8 Å². The molecule has 1 amide bonds. The average molecular weight is 395 g/mol. The SMILES string of the molecule is Cc1ccc(-c2nc(SCC(=O)N[C@@H](CC(C)C)c3ccccc3)n[nH]2)cc1. The van der Waals surface area contributed by atoms with Gasteiger partial charge in [-0.2, -0.15) is 0 Å². The minimum absolute atomic E-state index is 0.0128. The number of aromatic nitrogens is 3. The van der Waals surface area contributed by atoms with Crippen LogP contribution in [0.4, 0.5) is 0 Å². The fraction of sp³-hybridized carbons (Fsp3) is 0.318. The molecule has 0 radical (unpaired) electrons. The zero-order valence-corrected chi connectivity index (χ0v) is 17.3. The van der Waals surface area contributed by atoms with Gasteiger partial charge in [-0.1, -0.05) is 85.8 Å². The Balaban J connectivity index is 1.58. The van der Waals surface area contributed by atoms with E-state index in [0.29, 0.717) is 16.9 Å². The van der Waals surface area contributed by atoms with E-state index in [4.69, 9.17) is 0 Å². The molecular weight excluding hydrogens is 368 g/mol. The number of hydrogen-bond acceptors (Lipinski definition) is 4. The molecule has 3 aromatic rings. The fourth-order valence-electron chi connectivity index (χ4n) is 2.95.